The Hall–Kier alpha value is -1.17. The SMILES string of the molecule is CCNc1nc(-c2ccc(C3CC3)cc2)nc(CC)c1I. The van der Waals surface area contributed by atoms with E-state index in [4.69, 9.17) is 9.97 Å². The fourth-order valence-corrected chi connectivity index (χ4v) is 3.28. The van der Waals surface area contributed by atoms with Gasteiger partial charge in [0.2, 0.25) is 0 Å². The van der Waals surface area contributed by atoms with E-state index in [9.17, 15) is 0 Å². The van der Waals surface area contributed by atoms with E-state index >= 15 is 0 Å². The van der Waals surface area contributed by atoms with Gasteiger partial charge in [-0.25, -0.2) is 9.97 Å². The van der Waals surface area contributed by atoms with Gasteiger partial charge in [-0.3, -0.25) is 0 Å². The van der Waals surface area contributed by atoms with Crippen LogP contribution >= 0.6 is 22.6 Å². The molecule has 1 aromatic heterocycles. The van der Waals surface area contributed by atoms with Crippen LogP contribution in [-0.4, -0.2) is 16.5 Å². The minimum absolute atomic E-state index is 0.792. The van der Waals surface area contributed by atoms with Crippen LogP contribution in [0.1, 0.15) is 43.9 Å². The van der Waals surface area contributed by atoms with Crippen LogP contribution in [0.3, 0.4) is 0 Å². The van der Waals surface area contributed by atoms with Crippen molar-refractivity contribution in [1.29, 1.82) is 0 Å². The van der Waals surface area contributed by atoms with Gasteiger partial charge in [-0.15, -0.1) is 0 Å². The van der Waals surface area contributed by atoms with Gasteiger partial charge in [0.25, 0.3) is 0 Å². The molecule has 1 aliphatic carbocycles. The fourth-order valence-electron chi connectivity index (χ4n) is 2.46. The van der Waals surface area contributed by atoms with E-state index in [2.05, 4.69) is 66.0 Å². The number of halogens is 1. The molecule has 0 aliphatic heterocycles. The summed E-state index contributed by atoms with van der Waals surface area (Å²) >= 11 is 2.34. The maximum Gasteiger partial charge on any atom is 0.161 e. The van der Waals surface area contributed by atoms with Gasteiger partial charge < -0.3 is 5.32 Å². The van der Waals surface area contributed by atoms with Crippen molar-refractivity contribution < 1.29 is 0 Å². The van der Waals surface area contributed by atoms with Crippen LogP contribution < -0.4 is 5.32 Å². The highest BCUT2D eigenvalue weighted by molar-refractivity contribution is 14.1. The van der Waals surface area contributed by atoms with Gasteiger partial charge in [0.05, 0.1) is 9.26 Å². The molecule has 0 atom stereocenters. The third-order valence-corrected chi connectivity index (χ3v) is 4.95. The lowest BCUT2D eigenvalue weighted by Crippen LogP contribution is -2.07. The normalized spacial score (nSPS) is 14.2. The van der Waals surface area contributed by atoms with Crippen LogP contribution in [0.4, 0.5) is 5.82 Å². The summed E-state index contributed by atoms with van der Waals surface area (Å²) in [5.74, 6) is 2.57. The first-order chi connectivity index (χ1) is 10.2. The molecule has 110 valence electrons. The minimum atomic E-state index is 0.792. The first-order valence-corrected chi connectivity index (χ1v) is 8.71. The number of nitrogens with zero attached hydrogens (tertiary/aromatic N) is 2. The summed E-state index contributed by atoms with van der Waals surface area (Å²) in [4.78, 5) is 9.44. The molecule has 1 aliphatic rings. The van der Waals surface area contributed by atoms with Crippen LogP contribution in [0, 0.1) is 3.57 Å². The molecule has 1 heterocycles. The summed E-state index contributed by atoms with van der Waals surface area (Å²) in [7, 11) is 0. The molecule has 1 N–H and O–H groups in total. The predicted molar refractivity (Wildman–Crippen MR) is 95.7 cm³/mol. The summed E-state index contributed by atoms with van der Waals surface area (Å²) < 4.78 is 1.13. The maximum absolute atomic E-state index is 4.74. The zero-order chi connectivity index (χ0) is 14.8. The Labute approximate surface area is 139 Å². The third kappa shape index (κ3) is 3.20. The molecular weight excluding hydrogens is 373 g/mol. The molecule has 0 unspecified atom stereocenters. The molecule has 3 nitrogen and oxygen atoms in total. The standard InChI is InChI=1S/C17H20IN3/c1-3-14-15(18)17(19-4-2)21-16(20-14)13-9-7-12(8-10-13)11-5-6-11/h7-11H,3-6H2,1-2H3,(H,19,20,21). The molecule has 1 saturated carbocycles. The average Bonchev–Trinajstić information content (AvgIpc) is 3.34. The number of aryl methyl sites for hydroxylation is 1. The predicted octanol–water partition coefficient (Wildman–Crippen LogP) is 4.62. The van der Waals surface area contributed by atoms with E-state index in [0.717, 1.165) is 45.4 Å². The number of benzene rings is 1. The van der Waals surface area contributed by atoms with Gasteiger partial charge in [0.15, 0.2) is 5.82 Å². The summed E-state index contributed by atoms with van der Waals surface area (Å²) in [5, 5.41) is 3.34. The fraction of sp³-hybridized carbons (Fsp3) is 0.412. The zero-order valence-electron chi connectivity index (χ0n) is 12.5. The van der Waals surface area contributed by atoms with Crippen molar-refractivity contribution >= 4 is 28.4 Å². The van der Waals surface area contributed by atoms with Crippen LogP contribution in [0.2, 0.25) is 0 Å². The first kappa shape index (κ1) is 14.8. The van der Waals surface area contributed by atoms with Crippen molar-refractivity contribution in [3.05, 3.63) is 39.1 Å². The number of aromatic nitrogens is 2. The van der Waals surface area contributed by atoms with Crippen molar-refractivity contribution in [3.8, 4) is 11.4 Å². The second kappa shape index (κ2) is 6.30. The highest BCUT2D eigenvalue weighted by atomic mass is 127. The minimum Gasteiger partial charge on any atom is -0.369 e. The van der Waals surface area contributed by atoms with E-state index < -0.39 is 0 Å². The Kier molecular flexibility index (Phi) is 4.42. The number of nitrogens with one attached hydrogen (secondary N) is 1. The number of rotatable bonds is 5. The van der Waals surface area contributed by atoms with E-state index in [0.29, 0.717) is 0 Å². The van der Waals surface area contributed by atoms with Crippen molar-refractivity contribution in [3.63, 3.8) is 0 Å². The molecule has 3 rings (SSSR count). The molecule has 21 heavy (non-hydrogen) atoms. The number of hydrogen-bond donors (Lipinski definition) is 1. The van der Waals surface area contributed by atoms with E-state index in [1.54, 1.807) is 0 Å². The van der Waals surface area contributed by atoms with E-state index in [-0.39, 0.29) is 0 Å². The van der Waals surface area contributed by atoms with Gasteiger partial charge in [-0.2, -0.15) is 0 Å². The first-order valence-electron chi connectivity index (χ1n) is 7.63. The topological polar surface area (TPSA) is 37.8 Å². The number of hydrogen-bond acceptors (Lipinski definition) is 3. The smallest absolute Gasteiger partial charge is 0.161 e. The molecule has 0 saturated heterocycles. The van der Waals surface area contributed by atoms with Crippen LogP contribution in [0.25, 0.3) is 11.4 Å². The molecule has 0 radical (unpaired) electrons. The van der Waals surface area contributed by atoms with Crippen LogP contribution in [-0.2, 0) is 6.42 Å². The average molecular weight is 393 g/mol. The largest absolute Gasteiger partial charge is 0.369 e. The Morgan fingerprint density at radius 1 is 1.14 bits per heavy atom. The second-order valence-corrected chi connectivity index (χ2v) is 6.52. The van der Waals surface area contributed by atoms with Gasteiger partial charge in [0.1, 0.15) is 5.82 Å². The van der Waals surface area contributed by atoms with Gasteiger partial charge >= 0.3 is 0 Å². The van der Waals surface area contributed by atoms with Crippen molar-refractivity contribution in [1.82, 2.24) is 9.97 Å². The van der Waals surface area contributed by atoms with Crippen molar-refractivity contribution in [2.75, 3.05) is 11.9 Å². The quantitative estimate of drug-likeness (QED) is 0.754. The highest BCUT2D eigenvalue weighted by Crippen LogP contribution is 2.40. The summed E-state index contributed by atoms with van der Waals surface area (Å²) in [6.07, 6.45) is 3.60. The van der Waals surface area contributed by atoms with Gasteiger partial charge in [0, 0.05) is 12.1 Å². The summed E-state index contributed by atoms with van der Waals surface area (Å²) in [6, 6.07) is 8.77. The van der Waals surface area contributed by atoms with E-state index in [1.807, 2.05) is 0 Å². The monoisotopic (exact) mass is 393 g/mol. The molecule has 2 aromatic rings. The van der Waals surface area contributed by atoms with Crippen molar-refractivity contribution in [2.45, 2.75) is 39.0 Å². The molecule has 1 fully saturated rings. The molecular formula is C17H20IN3. The van der Waals surface area contributed by atoms with Crippen LogP contribution in [0.5, 0.6) is 0 Å². The molecule has 0 bridgehead atoms. The van der Waals surface area contributed by atoms with Crippen molar-refractivity contribution in [2.24, 2.45) is 0 Å². The number of anilines is 1. The molecule has 1 aromatic carbocycles. The highest BCUT2D eigenvalue weighted by Gasteiger charge is 2.23. The lowest BCUT2D eigenvalue weighted by molar-refractivity contribution is 0.982. The molecule has 4 heteroatoms. The Morgan fingerprint density at radius 2 is 1.86 bits per heavy atom. The molecule has 0 amide bonds. The summed E-state index contributed by atoms with van der Waals surface area (Å²) in [5.41, 5.74) is 3.67. The molecule has 0 spiro atoms. The Morgan fingerprint density at radius 3 is 2.43 bits per heavy atom. The Balaban J connectivity index is 1.97. The van der Waals surface area contributed by atoms with Gasteiger partial charge in [-0.05, 0) is 60.3 Å². The van der Waals surface area contributed by atoms with Crippen LogP contribution in [0.15, 0.2) is 24.3 Å². The maximum atomic E-state index is 4.74. The van der Waals surface area contributed by atoms with E-state index in [1.165, 1.54) is 18.4 Å². The third-order valence-electron chi connectivity index (χ3n) is 3.82. The summed E-state index contributed by atoms with van der Waals surface area (Å²) in [6.45, 7) is 5.10. The Bertz CT molecular complexity index is 633. The zero-order valence-corrected chi connectivity index (χ0v) is 14.6. The lowest BCUT2D eigenvalue weighted by atomic mass is 10.1. The lowest BCUT2D eigenvalue weighted by Gasteiger charge is -2.11. The second-order valence-electron chi connectivity index (χ2n) is 5.44. The van der Waals surface area contributed by atoms with Gasteiger partial charge in [-0.1, -0.05) is 31.2 Å².